The maximum Gasteiger partial charge on any atom is 0.194 e. The molecule has 2 aromatic heterocycles. The molecule has 36 heavy (non-hydrogen) atoms. The summed E-state index contributed by atoms with van der Waals surface area (Å²) < 4.78 is 2.16. The lowest BCUT2D eigenvalue weighted by Gasteiger charge is -2.32. The molecule has 2 fully saturated rings. The number of ketones is 1. The first-order valence-electron chi connectivity index (χ1n) is 13.1. The summed E-state index contributed by atoms with van der Waals surface area (Å²) >= 11 is 0. The average molecular weight is 480 g/mol. The van der Waals surface area contributed by atoms with Gasteiger partial charge < -0.3 is 9.67 Å². The second kappa shape index (κ2) is 9.30. The number of aromatic nitrogens is 2. The van der Waals surface area contributed by atoms with E-state index in [0.717, 1.165) is 30.8 Å². The van der Waals surface area contributed by atoms with E-state index in [-0.39, 0.29) is 5.78 Å². The molecular formula is C31H33N3O2. The number of carbonyl (C=O) groups excluding carboxylic acids is 1. The molecule has 1 saturated heterocycles. The molecule has 0 amide bonds. The van der Waals surface area contributed by atoms with Crippen molar-refractivity contribution < 1.29 is 9.90 Å². The van der Waals surface area contributed by atoms with Crippen LogP contribution in [0.1, 0.15) is 64.2 Å². The van der Waals surface area contributed by atoms with Gasteiger partial charge in [0, 0.05) is 36.4 Å². The molecule has 0 atom stereocenters. The van der Waals surface area contributed by atoms with E-state index < -0.39 is 5.60 Å². The highest BCUT2D eigenvalue weighted by Crippen LogP contribution is 2.38. The molecule has 5 nitrogen and oxygen atoms in total. The Labute approximate surface area is 212 Å². The molecule has 0 spiro atoms. The van der Waals surface area contributed by atoms with Crippen LogP contribution in [0.2, 0.25) is 0 Å². The SMILES string of the molecule is Cc1cccc(CN2CCC(c3cnc4c(ccn4Cc4ccc(C(=O)C5(O)CC5)cc4)c3)CC2)c1. The van der Waals surface area contributed by atoms with E-state index in [9.17, 15) is 9.90 Å². The third-order valence-electron chi connectivity index (χ3n) is 7.89. The number of hydrogen-bond donors (Lipinski definition) is 1. The first-order valence-corrected chi connectivity index (χ1v) is 13.1. The number of carbonyl (C=O) groups is 1. The number of pyridine rings is 1. The minimum atomic E-state index is -1.11. The Balaban J connectivity index is 1.09. The van der Waals surface area contributed by atoms with Crippen molar-refractivity contribution in [1.29, 1.82) is 0 Å². The van der Waals surface area contributed by atoms with Gasteiger partial charge in [-0.2, -0.15) is 0 Å². The van der Waals surface area contributed by atoms with E-state index in [0.29, 0.717) is 30.9 Å². The van der Waals surface area contributed by atoms with Crippen molar-refractivity contribution in [2.24, 2.45) is 0 Å². The fourth-order valence-electron chi connectivity index (χ4n) is 5.51. The highest BCUT2D eigenvalue weighted by atomic mass is 16.3. The van der Waals surface area contributed by atoms with Gasteiger partial charge >= 0.3 is 0 Å². The van der Waals surface area contributed by atoms with Gasteiger partial charge in [0.15, 0.2) is 5.78 Å². The number of aliphatic hydroxyl groups is 1. The van der Waals surface area contributed by atoms with Crippen molar-refractivity contribution in [2.75, 3.05) is 13.1 Å². The smallest absolute Gasteiger partial charge is 0.194 e. The maximum atomic E-state index is 12.3. The topological polar surface area (TPSA) is 58.4 Å². The predicted molar refractivity (Wildman–Crippen MR) is 142 cm³/mol. The average Bonchev–Trinajstić information content (AvgIpc) is 3.53. The second-order valence-electron chi connectivity index (χ2n) is 10.7. The van der Waals surface area contributed by atoms with Gasteiger partial charge in [0.2, 0.25) is 0 Å². The van der Waals surface area contributed by atoms with Crippen LogP contribution in [0.5, 0.6) is 0 Å². The van der Waals surface area contributed by atoms with E-state index in [2.05, 4.69) is 65.2 Å². The molecule has 3 heterocycles. The van der Waals surface area contributed by atoms with Crippen LogP contribution in [-0.4, -0.2) is 44.0 Å². The molecule has 4 aromatic rings. The molecule has 1 N–H and O–H groups in total. The van der Waals surface area contributed by atoms with Gasteiger partial charge in [-0.3, -0.25) is 9.69 Å². The van der Waals surface area contributed by atoms with Crippen molar-refractivity contribution in [3.05, 3.63) is 101 Å². The second-order valence-corrected chi connectivity index (χ2v) is 10.7. The molecule has 0 unspecified atom stereocenters. The normalized spacial score (nSPS) is 17.9. The summed E-state index contributed by atoms with van der Waals surface area (Å²) in [5.74, 6) is 0.404. The molecule has 0 bridgehead atoms. The Kier molecular flexibility index (Phi) is 5.98. The van der Waals surface area contributed by atoms with Crippen LogP contribution in [0.15, 0.2) is 73.1 Å². The monoisotopic (exact) mass is 479 g/mol. The predicted octanol–water partition coefficient (Wildman–Crippen LogP) is 5.48. The lowest BCUT2D eigenvalue weighted by molar-refractivity contribution is 0.0690. The third-order valence-corrected chi connectivity index (χ3v) is 7.89. The number of benzene rings is 2. The molecule has 1 aliphatic heterocycles. The summed E-state index contributed by atoms with van der Waals surface area (Å²) in [5, 5.41) is 11.3. The van der Waals surface area contributed by atoms with Gasteiger partial charge in [0.1, 0.15) is 11.2 Å². The number of likely N-dealkylation sites (tertiary alicyclic amines) is 1. The maximum absolute atomic E-state index is 12.3. The molecule has 184 valence electrons. The van der Waals surface area contributed by atoms with E-state index in [4.69, 9.17) is 4.98 Å². The highest BCUT2D eigenvalue weighted by molar-refractivity contribution is 6.04. The molecule has 1 saturated carbocycles. The number of fused-ring (bicyclic) bond motifs is 1. The highest BCUT2D eigenvalue weighted by Gasteiger charge is 2.48. The van der Waals surface area contributed by atoms with Crippen LogP contribution in [0, 0.1) is 6.92 Å². The van der Waals surface area contributed by atoms with Crippen LogP contribution in [0.4, 0.5) is 0 Å². The summed E-state index contributed by atoms with van der Waals surface area (Å²) in [7, 11) is 0. The molecule has 5 heteroatoms. The zero-order valence-electron chi connectivity index (χ0n) is 20.9. The van der Waals surface area contributed by atoms with E-state index in [1.165, 1.54) is 34.9 Å². The zero-order valence-corrected chi connectivity index (χ0v) is 20.9. The largest absolute Gasteiger partial charge is 0.382 e. The number of piperidine rings is 1. The molecule has 0 radical (unpaired) electrons. The summed E-state index contributed by atoms with van der Waals surface area (Å²) in [6.45, 7) is 6.13. The van der Waals surface area contributed by atoms with Crippen LogP contribution < -0.4 is 0 Å². The van der Waals surface area contributed by atoms with Gasteiger partial charge in [0.25, 0.3) is 0 Å². The van der Waals surface area contributed by atoms with E-state index in [1.807, 2.05) is 24.3 Å². The molecule has 2 aromatic carbocycles. The standard InChI is InChI=1S/C31H33N3O2/c1-22-3-2-4-24(17-22)20-33-14-9-25(10-15-33)28-18-27-11-16-34(30(27)32-19-28)21-23-5-7-26(8-6-23)29(35)31(36)12-13-31/h2-8,11,16-19,25,36H,9-10,12-15,20-21H2,1H3. The van der Waals surface area contributed by atoms with Crippen molar-refractivity contribution in [1.82, 2.24) is 14.5 Å². The van der Waals surface area contributed by atoms with E-state index >= 15 is 0 Å². The molecule has 6 rings (SSSR count). The molecule has 1 aliphatic carbocycles. The summed E-state index contributed by atoms with van der Waals surface area (Å²) in [4.78, 5) is 19.8. The number of Topliss-reactive ketones (excluding diaryl/α,β-unsaturated/α-hetero) is 1. The first kappa shape index (κ1) is 23.1. The zero-order chi connectivity index (χ0) is 24.7. The Morgan fingerprint density at radius 2 is 1.78 bits per heavy atom. The molecule has 2 aliphatic rings. The summed E-state index contributed by atoms with van der Waals surface area (Å²) in [5.41, 5.74) is 5.65. The quantitative estimate of drug-likeness (QED) is 0.357. The lowest BCUT2D eigenvalue weighted by atomic mass is 9.90. The van der Waals surface area contributed by atoms with Crippen molar-refractivity contribution in [2.45, 2.75) is 57.2 Å². The van der Waals surface area contributed by atoms with Gasteiger partial charge in [-0.05, 0) is 80.4 Å². The minimum Gasteiger partial charge on any atom is -0.382 e. The van der Waals surface area contributed by atoms with Crippen LogP contribution in [-0.2, 0) is 13.1 Å². The number of aryl methyl sites for hydroxylation is 1. The van der Waals surface area contributed by atoms with Gasteiger partial charge in [-0.15, -0.1) is 0 Å². The fourth-order valence-corrected chi connectivity index (χ4v) is 5.51. The fraction of sp³-hybridized carbons (Fsp3) is 0.355. The number of hydrogen-bond acceptors (Lipinski definition) is 4. The number of nitrogens with zero attached hydrogens (tertiary/aromatic N) is 3. The van der Waals surface area contributed by atoms with Crippen LogP contribution >= 0.6 is 0 Å². The Bertz CT molecular complexity index is 1390. The van der Waals surface area contributed by atoms with E-state index in [1.54, 1.807) is 0 Å². The first-order chi connectivity index (χ1) is 17.5. The third kappa shape index (κ3) is 4.73. The van der Waals surface area contributed by atoms with Gasteiger partial charge in [-0.25, -0.2) is 4.98 Å². The van der Waals surface area contributed by atoms with Crippen LogP contribution in [0.25, 0.3) is 11.0 Å². The Morgan fingerprint density at radius 3 is 2.50 bits per heavy atom. The molecular weight excluding hydrogens is 446 g/mol. The Morgan fingerprint density at radius 1 is 1.00 bits per heavy atom. The minimum absolute atomic E-state index is 0.157. The number of rotatable bonds is 7. The van der Waals surface area contributed by atoms with Crippen LogP contribution in [0.3, 0.4) is 0 Å². The van der Waals surface area contributed by atoms with Crippen molar-refractivity contribution in [3.63, 3.8) is 0 Å². The van der Waals surface area contributed by atoms with Crippen molar-refractivity contribution >= 4 is 16.8 Å². The van der Waals surface area contributed by atoms with Crippen molar-refractivity contribution in [3.8, 4) is 0 Å². The van der Waals surface area contributed by atoms with Gasteiger partial charge in [-0.1, -0.05) is 54.1 Å². The summed E-state index contributed by atoms with van der Waals surface area (Å²) in [6.07, 6.45) is 7.64. The lowest BCUT2D eigenvalue weighted by Crippen LogP contribution is -2.32. The Hall–Kier alpha value is -3.28. The van der Waals surface area contributed by atoms with Gasteiger partial charge in [0.05, 0.1) is 0 Å². The summed E-state index contributed by atoms with van der Waals surface area (Å²) in [6, 6.07) is 20.9.